The summed E-state index contributed by atoms with van der Waals surface area (Å²) in [7, 11) is 0. The molecule has 0 radical (unpaired) electrons. The van der Waals surface area contributed by atoms with Gasteiger partial charge in [-0.15, -0.1) is 0 Å². The molecule has 0 aliphatic carbocycles. The third kappa shape index (κ3) is 2.16. The van der Waals surface area contributed by atoms with Gasteiger partial charge >= 0.3 is 0 Å². The van der Waals surface area contributed by atoms with E-state index in [-0.39, 0.29) is 0 Å². The lowest BCUT2D eigenvalue weighted by Gasteiger charge is -2.01. The lowest BCUT2D eigenvalue weighted by molar-refractivity contribution is 0.809. The van der Waals surface area contributed by atoms with Gasteiger partial charge in [-0.05, 0) is 6.42 Å². The minimum Gasteiger partial charge on any atom is -0.325 e. The number of hydrogen-bond donors (Lipinski definition) is 1. The van der Waals surface area contributed by atoms with Crippen LogP contribution in [0.1, 0.15) is 24.9 Å². The van der Waals surface area contributed by atoms with Crippen LogP contribution in [0.15, 0.2) is 6.20 Å². The molecule has 3 nitrogen and oxygen atoms in total. The van der Waals surface area contributed by atoms with E-state index in [1.54, 1.807) is 6.20 Å². The van der Waals surface area contributed by atoms with Crippen LogP contribution in [0.4, 0.5) is 0 Å². The number of hydrogen-bond acceptors (Lipinski definition) is 3. The molecule has 2 N–H and O–H groups in total. The van der Waals surface area contributed by atoms with Gasteiger partial charge in [0, 0.05) is 19.2 Å². The van der Waals surface area contributed by atoms with Gasteiger partial charge in [0.05, 0.1) is 10.7 Å². The fourth-order valence-electron chi connectivity index (χ4n) is 0.931. The summed E-state index contributed by atoms with van der Waals surface area (Å²) >= 11 is 5.79. The van der Waals surface area contributed by atoms with Gasteiger partial charge in [-0.3, -0.25) is 0 Å². The van der Waals surface area contributed by atoms with Crippen LogP contribution in [0, 0.1) is 0 Å². The highest BCUT2D eigenvalue weighted by Gasteiger charge is 2.02. The largest absolute Gasteiger partial charge is 0.325 e. The maximum atomic E-state index is 5.79. The maximum Gasteiger partial charge on any atom is 0.128 e. The molecule has 0 saturated carbocycles. The highest BCUT2D eigenvalue weighted by molar-refractivity contribution is 6.31. The van der Waals surface area contributed by atoms with E-state index >= 15 is 0 Å². The Kier molecular flexibility index (Phi) is 3.44. The van der Waals surface area contributed by atoms with E-state index in [1.165, 1.54) is 0 Å². The molecule has 12 heavy (non-hydrogen) atoms. The summed E-state index contributed by atoms with van der Waals surface area (Å²) in [5.41, 5.74) is 6.17. The van der Waals surface area contributed by atoms with Crippen LogP contribution in [-0.4, -0.2) is 9.97 Å². The molecule has 0 aromatic carbocycles. The molecule has 0 spiro atoms. The molecule has 4 heteroatoms. The fraction of sp³-hybridized carbons (Fsp3) is 0.500. The Labute approximate surface area is 77.0 Å². The quantitative estimate of drug-likeness (QED) is 0.778. The summed E-state index contributed by atoms with van der Waals surface area (Å²) < 4.78 is 0. The van der Waals surface area contributed by atoms with E-state index in [0.717, 1.165) is 24.4 Å². The monoisotopic (exact) mass is 185 g/mol. The lowest BCUT2D eigenvalue weighted by Crippen LogP contribution is -2.04. The molecule has 0 saturated heterocycles. The zero-order valence-corrected chi connectivity index (χ0v) is 7.80. The first kappa shape index (κ1) is 9.42. The fourth-order valence-corrected chi connectivity index (χ4v) is 1.10. The van der Waals surface area contributed by atoms with E-state index in [2.05, 4.69) is 16.9 Å². The second-order valence-corrected chi connectivity index (χ2v) is 2.94. The van der Waals surface area contributed by atoms with Gasteiger partial charge in [-0.25, -0.2) is 9.97 Å². The summed E-state index contributed by atoms with van der Waals surface area (Å²) in [5.74, 6) is 0.822. The van der Waals surface area contributed by atoms with Crippen LogP contribution >= 0.6 is 11.6 Å². The Balaban J connectivity index is 2.89. The molecule has 0 atom stereocenters. The van der Waals surface area contributed by atoms with Crippen molar-refractivity contribution in [2.75, 3.05) is 0 Å². The smallest absolute Gasteiger partial charge is 0.128 e. The number of nitrogens with zero attached hydrogens (tertiary/aromatic N) is 2. The zero-order valence-electron chi connectivity index (χ0n) is 7.05. The van der Waals surface area contributed by atoms with Gasteiger partial charge in [-0.1, -0.05) is 18.5 Å². The van der Waals surface area contributed by atoms with Crippen molar-refractivity contribution < 1.29 is 0 Å². The molecule has 0 aliphatic heterocycles. The third-order valence-electron chi connectivity index (χ3n) is 1.53. The highest BCUT2D eigenvalue weighted by atomic mass is 35.5. The number of aryl methyl sites for hydroxylation is 1. The van der Waals surface area contributed by atoms with Crippen molar-refractivity contribution >= 4 is 11.6 Å². The molecule has 0 bridgehead atoms. The van der Waals surface area contributed by atoms with Gasteiger partial charge in [0.15, 0.2) is 0 Å². The minimum absolute atomic E-state index is 0.373. The first-order valence-electron chi connectivity index (χ1n) is 3.98. The average Bonchev–Trinajstić information content (AvgIpc) is 2.09. The number of halogens is 1. The Morgan fingerprint density at radius 3 is 2.92 bits per heavy atom. The van der Waals surface area contributed by atoms with Gasteiger partial charge in [0.1, 0.15) is 5.82 Å². The number of aromatic nitrogens is 2. The predicted molar refractivity (Wildman–Crippen MR) is 48.9 cm³/mol. The number of nitrogens with two attached hydrogens (primary N) is 1. The second kappa shape index (κ2) is 4.38. The van der Waals surface area contributed by atoms with E-state index in [1.807, 2.05) is 0 Å². The van der Waals surface area contributed by atoms with Gasteiger partial charge in [-0.2, -0.15) is 0 Å². The van der Waals surface area contributed by atoms with Crippen LogP contribution < -0.4 is 5.73 Å². The first-order chi connectivity index (χ1) is 5.77. The highest BCUT2D eigenvalue weighted by Crippen LogP contribution is 2.11. The van der Waals surface area contributed by atoms with Gasteiger partial charge in [0.25, 0.3) is 0 Å². The predicted octanol–water partition coefficient (Wildman–Crippen LogP) is 1.54. The van der Waals surface area contributed by atoms with E-state index < -0.39 is 0 Å². The molecule has 66 valence electrons. The summed E-state index contributed by atoms with van der Waals surface area (Å²) in [5, 5.41) is 0.553. The van der Waals surface area contributed by atoms with Crippen molar-refractivity contribution in [1.82, 2.24) is 9.97 Å². The molecule has 1 aromatic rings. The van der Waals surface area contributed by atoms with E-state index in [4.69, 9.17) is 17.3 Å². The topological polar surface area (TPSA) is 51.8 Å². The first-order valence-corrected chi connectivity index (χ1v) is 4.36. The van der Waals surface area contributed by atoms with E-state index in [0.29, 0.717) is 11.6 Å². The lowest BCUT2D eigenvalue weighted by atomic mass is 10.3. The second-order valence-electron chi connectivity index (χ2n) is 2.53. The van der Waals surface area contributed by atoms with Crippen LogP contribution in [0.3, 0.4) is 0 Å². The Hall–Kier alpha value is -0.670. The van der Waals surface area contributed by atoms with Crippen LogP contribution in [0.5, 0.6) is 0 Å². The summed E-state index contributed by atoms with van der Waals surface area (Å²) in [4.78, 5) is 8.29. The Bertz CT molecular complexity index is 262. The van der Waals surface area contributed by atoms with Crippen molar-refractivity contribution in [2.45, 2.75) is 26.3 Å². The van der Waals surface area contributed by atoms with Crippen molar-refractivity contribution in [3.8, 4) is 0 Å². The molecule has 1 heterocycles. The van der Waals surface area contributed by atoms with Crippen molar-refractivity contribution in [3.63, 3.8) is 0 Å². The molecule has 1 rings (SSSR count). The molecular weight excluding hydrogens is 174 g/mol. The Morgan fingerprint density at radius 2 is 2.33 bits per heavy atom. The zero-order chi connectivity index (χ0) is 8.97. The standard InChI is InChI=1S/C8H12ClN3/c1-2-3-8-11-5-6(9)7(4-10)12-8/h5H,2-4,10H2,1H3. The normalized spacial score (nSPS) is 10.2. The summed E-state index contributed by atoms with van der Waals surface area (Å²) in [6.45, 7) is 2.46. The molecular formula is C8H12ClN3. The third-order valence-corrected chi connectivity index (χ3v) is 1.85. The van der Waals surface area contributed by atoms with Crippen molar-refractivity contribution in [2.24, 2.45) is 5.73 Å². The maximum absolute atomic E-state index is 5.79. The van der Waals surface area contributed by atoms with Crippen molar-refractivity contribution in [1.29, 1.82) is 0 Å². The molecule has 0 unspecified atom stereocenters. The summed E-state index contributed by atoms with van der Waals surface area (Å²) in [6, 6.07) is 0. The van der Waals surface area contributed by atoms with Gasteiger partial charge < -0.3 is 5.73 Å². The number of rotatable bonds is 3. The molecule has 0 fully saturated rings. The van der Waals surface area contributed by atoms with Crippen molar-refractivity contribution in [3.05, 3.63) is 22.7 Å². The average molecular weight is 186 g/mol. The molecule has 1 aromatic heterocycles. The Morgan fingerprint density at radius 1 is 1.58 bits per heavy atom. The molecule has 0 aliphatic rings. The van der Waals surface area contributed by atoms with Crippen LogP contribution in [-0.2, 0) is 13.0 Å². The SMILES string of the molecule is CCCc1ncc(Cl)c(CN)n1. The van der Waals surface area contributed by atoms with E-state index in [9.17, 15) is 0 Å². The molecule has 0 amide bonds. The van der Waals surface area contributed by atoms with Gasteiger partial charge in [0.2, 0.25) is 0 Å². The van der Waals surface area contributed by atoms with Crippen LogP contribution in [0.2, 0.25) is 5.02 Å². The van der Waals surface area contributed by atoms with Crippen LogP contribution in [0.25, 0.3) is 0 Å². The minimum atomic E-state index is 0.373. The summed E-state index contributed by atoms with van der Waals surface area (Å²) in [6.07, 6.45) is 3.53.